The summed E-state index contributed by atoms with van der Waals surface area (Å²) in [5.41, 5.74) is 0. The molecule has 0 saturated carbocycles. The van der Waals surface area contributed by atoms with Gasteiger partial charge in [0.15, 0.2) is 0 Å². The normalized spacial score (nSPS) is 7.00. The first-order valence-corrected chi connectivity index (χ1v) is 5.45. The summed E-state index contributed by atoms with van der Waals surface area (Å²) >= 11 is 0. The molecule has 100 valence electrons. The van der Waals surface area contributed by atoms with Crippen molar-refractivity contribution in [2.45, 2.75) is 54.4 Å². The van der Waals surface area contributed by atoms with Crippen LogP contribution >= 0.6 is 0 Å². The topological polar surface area (TPSA) is 74.6 Å². The van der Waals surface area contributed by atoms with Crippen LogP contribution in [0.3, 0.4) is 0 Å². The van der Waals surface area contributed by atoms with Crippen molar-refractivity contribution in [1.29, 1.82) is 0 Å². The van der Waals surface area contributed by atoms with Crippen molar-refractivity contribution >= 4 is 11.6 Å². The van der Waals surface area contributed by atoms with Gasteiger partial charge in [-0.3, -0.25) is 0 Å². The Balaban J connectivity index is -0.0000000610. The van der Waals surface area contributed by atoms with Crippen LogP contribution in [-0.2, 0) is 9.59 Å². The molecule has 0 aromatic carbocycles. The van der Waals surface area contributed by atoms with Crippen molar-refractivity contribution in [3.63, 3.8) is 0 Å². The highest BCUT2D eigenvalue weighted by molar-refractivity contribution is 5.72. The van der Waals surface area contributed by atoms with Gasteiger partial charge in [-0.05, 0) is 41.0 Å². The van der Waals surface area contributed by atoms with Crippen LogP contribution in [0.25, 0.3) is 0 Å². The zero-order valence-electron chi connectivity index (χ0n) is 11.5. The Labute approximate surface area is 99.7 Å². The number of carbonyl (C=O) groups excluding carboxylic acids is 2. The smallest absolute Gasteiger partial charge is 0.126 e. The first-order valence-electron chi connectivity index (χ1n) is 5.45. The Morgan fingerprint density at radius 2 is 1.06 bits per heavy atom. The summed E-state index contributed by atoms with van der Waals surface area (Å²) in [6.07, 6.45) is 2.04. The molecule has 0 radical (unpaired) electrons. The number of aliphatic hydroxyl groups excluding tert-OH is 2. The molecule has 0 unspecified atom stereocenters. The van der Waals surface area contributed by atoms with Gasteiger partial charge in [0.05, 0.1) is 0 Å². The van der Waals surface area contributed by atoms with Crippen LogP contribution in [0.1, 0.15) is 54.4 Å². The van der Waals surface area contributed by atoms with E-state index in [1.54, 1.807) is 6.92 Å². The average molecular weight is 236 g/mol. The fourth-order valence-corrected chi connectivity index (χ4v) is 0.158. The number of carbonyl (C=O) groups is 2. The molecule has 16 heavy (non-hydrogen) atoms. The lowest BCUT2D eigenvalue weighted by atomic mass is 10.4. The highest BCUT2D eigenvalue weighted by Crippen LogP contribution is 1.78. The number of aliphatic hydroxyl groups is 2. The van der Waals surface area contributed by atoms with Crippen LogP contribution in [-0.4, -0.2) is 35.0 Å². The number of unbranched alkanes of at least 4 members (excludes halogenated alkanes) is 1. The van der Waals surface area contributed by atoms with Crippen LogP contribution in [0.15, 0.2) is 0 Å². The molecule has 2 N–H and O–H groups in total. The van der Waals surface area contributed by atoms with Gasteiger partial charge < -0.3 is 19.8 Å². The molecule has 0 spiro atoms. The molecule has 4 heteroatoms. The van der Waals surface area contributed by atoms with Gasteiger partial charge in [-0.2, -0.15) is 0 Å². The molecular weight excluding hydrogens is 208 g/mol. The zero-order chi connectivity index (χ0) is 14.0. The van der Waals surface area contributed by atoms with Crippen molar-refractivity contribution < 1.29 is 19.8 Å². The molecule has 0 aliphatic heterocycles. The van der Waals surface area contributed by atoms with Gasteiger partial charge in [0.1, 0.15) is 11.6 Å². The molecule has 0 amide bonds. The summed E-state index contributed by atoms with van der Waals surface area (Å²) in [6.45, 7) is 10.4. The highest BCUT2D eigenvalue weighted by Gasteiger charge is 1.69. The lowest BCUT2D eigenvalue weighted by Gasteiger charge is -1.79. The molecule has 0 aromatic rings. The van der Waals surface area contributed by atoms with Gasteiger partial charge in [0.25, 0.3) is 0 Å². The predicted octanol–water partition coefficient (Wildman–Crippen LogP) is 1.97. The second-order valence-corrected chi connectivity index (χ2v) is 3.21. The average Bonchev–Trinajstić information content (AvgIpc) is 2.04. The molecule has 0 heterocycles. The van der Waals surface area contributed by atoms with E-state index >= 15 is 0 Å². The molecule has 0 rings (SSSR count). The Morgan fingerprint density at radius 1 is 0.875 bits per heavy atom. The van der Waals surface area contributed by atoms with E-state index in [0.717, 1.165) is 12.8 Å². The molecule has 0 saturated heterocycles. The molecule has 0 aliphatic carbocycles. The fraction of sp³-hybridized carbons (Fsp3) is 0.833. The second-order valence-electron chi connectivity index (χ2n) is 3.21. The predicted molar refractivity (Wildman–Crippen MR) is 67.5 cm³/mol. The first kappa shape index (κ1) is 24.5. The number of Topliss-reactive ketones (excluding diaryl/α,β-unsaturated/α-hetero) is 2. The fourth-order valence-electron chi connectivity index (χ4n) is 0.158. The molecule has 0 atom stereocenters. The van der Waals surface area contributed by atoms with Crippen molar-refractivity contribution in [2.75, 3.05) is 13.2 Å². The maximum atomic E-state index is 9.44. The van der Waals surface area contributed by atoms with Crippen LogP contribution in [0.2, 0.25) is 0 Å². The minimum atomic E-state index is 0.167. The van der Waals surface area contributed by atoms with E-state index in [1.165, 1.54) is 27.7 Å². The summed E-state index contributed by atoms with van der Waals surface area (Å²) in [5, 5.41) is 15.6. The van der Waals surface area contributed by atoms with Crippen LogP contribution in [0, 0.1) is 0 Å². The van der Waals surface area contributed by atoms with Gasteiger partial charge in [-0.1, -0.05) is 13.3 Å². The Bertz CT molecular complexity index is 111. The summed E-state index contributed by atoms with van der Waals surface area (Å²) in [5.74, 6) is 0.333. The summed E-state index contributed by atoms with van der Waals surface area (Å²) < 4.78 is 0. The molecule has 0 aliphatic rings. The third kappa shape index (κ3) is 1260. The van der Waals surface area contributed by atoms with Crippen LogP contribution in [0.4, 0.5) is 0 Å². The van der Waals surface area contributed by atoms with Crippen molar-refractivity contribution in [3.8, 4) is 0 Å². The van der Waals surface area contributed by atoms with Crippen molar-refractivity contribution in [2.24, 2.45) is 0 Å². The van der Waals surface area contributed by atoms with E-state index in [4.69, 9.17) is 10.2 Å². The highest BCUT2D eigenvalue weighted by atomic mass is 16.3. The maximum Gasteiger partial charge on any atom is 0.126 e. The first-order chi connectivity index (χ1) is 7.29. The SMILES string of the molecule is CC(C)=O.CC(C)=O.CCCCO.CCO. The Kier molecular flexibility index (Phi) is 44.7. The minimum Gasteiger partial charge on any atom is -0.397 e. The summed E-state index contributed by atoms with van der Waals surface area (Å²) in [7, 11) is 0. The van der Waals surface area contributed by atoms with Gasteiger partial charge in [0, 0.05) is 13.2 Å². The van der Waals surface area contributed by atoms with E-state index in [2.05, 4.69) is 6.92 Å². The standard InChI is InChI=1S/C4H10O.2C3H6O.C2H6O/c1-2-3-4-5;2*1-3(2)4;1-2-3/h5H,2-4H2,1H3;2*1-2H3;3H,2H2,1H3. The number of hydrogen-bond donors (Lipinski definition) is 2. The van der Waals surface area contributed by atoms with Gasteiger partial charge >= 0.3 is 0 Å². The molecule has 0 aromatic heterocycles. The molecule has 0 fully saturated rings. The zero-order valence-corrected chi connectivity index (χ0v) is 11.5. The van der Waals surface area contributed by atoms with E-state index in [-0.39, 0.29) is 18.2 Å². The van der Waals surface area contributed by atoms with Gasteiger partial charge in [0.2, 0.25) is 0 Å². The summed E-state index contributed by atoms with van der Waals surface area (Å²) in [4.78, 5) is 18.9. The lowest BCUT2D eigenvalue weighted by Crippen LogP contribution is -1.75. The van der Waals surface area contributed by atoms with Crippen molar-refractivity contribution in [3.05, 3.63) is 0 Å². The van der Waals surface area contributed by atoms with Crippen molar-refractivity contribution in [1.82, 2.24) is 0 Å². The molecule has 4 nitrogen and oxygen atoms in total. The van der Waals surface area contributed by atoms with Crippen LogP contribution in [0.5, 0.6) is 0 Å². The van der Waals surface area contributed by atoms with E-state index in [0.29, 0.717) is 6.61 Å². The minimum absolute atomic E-state index is 0.167. The van der Waals surface area contributed by atoms with E-state index in [1.807, 2.05) is 0 Å². The molecular formula is C12H28O4. The third-order valence-corrected chi connectivity index (χ3v) is 0.512. The summed E-state index contributed by atoms with van der Waals surface area (Å²) in [6, 6.07) is 0. The van der Waals surface area contributed by atoms with Gasteiger partial charge in [-0.25, -0.2) is 0 Å². The Morgan fingerprint density at radius 3 is 1.06 bits per heavy atom. The van der Waals surface area contributed by atoms with Gasteiger partial charge in [-0.15, -0.1) is 0 Å². The lowest BCUT2D eigenvalue weighted by molar-refractivity contribution is -0.115. The maximum absolute atomic E-state index is 9.44. The number of ketones is 2. The van der Waals surface area contributed by atoms with E-state index in [9.17, 15) is 9.59 Å². The van der Waals surface area contributed by atoms with Crippen LogP contribution < -0.4 is 0 Å². The Hall–Kier alpha value is -0.740. The number of rotatable bonds is 2. The van der Waals surface area contributed by atoms with E-state index < -0.39 is 0 Å². The molecule has 0 bridgehead atoms. The second kappa shape index (κ2) is 29.2. The third-order valence-electron chi connectivity index (χ3n) is 0.512. The monoisotopic (exact) mass is 236 g/mol. The quantitative estimate of drug-likeness (QED) is 0.768. The largest absolute Gasteiger partial charge is 0.397 e. The number of hydrogen-bond acceptors (Lipinski definition) is 4.